The van der Waals surface area contributed by atoms with Gasteiger partial charge in [0.15, 0.2) is 0 Å². The topological polar surface area (TPSA) is 0 Å². The van der Waals surface area contributed by atoms with E-state index in [1.165, 1.54) is 53.6 Å². The van der Waals surface area contributed by atoms with Gasteiger partial charge in [0.25, 0.3) is 0 Å². The van der Waals surface area contributed by atoms with Gasteiger partial charge in [-0.3, -0.25) is 0 Å². The van der Waals surface area contributed by atoms with E-state index >= 15 is 0 Å². The van der Waals surface area contributed by atoms with Crippen molar-refractivity contribution in [2.45, 2.75) is 27.7 Å². The molecule has 4 aromatic carbocycles. The van der Waals surface area contributed by atoms with E-state index in [2.05, 4.69) is 107 Å². The largest absolute Gasteiger partial charge is 0.197 e. The molecule has 152 valence electrons. The van der Waals surface area contributed by atoms with Gasteiger partial charge in [0, 0.05) is 20.2 Å². The summed E-state index contributed by atoms with van der Waals surface area (Å²) in [5.41, 5.74) is 8.04. The fourth-order valence-electron chi connectivity index (χ4n) is 3.99. The molecule has 0 spiro atoms. The van der Waals surface area contributed by atoms with Crippen molar-refractivity contribution in [2.75, 3.05) is 0 Å². The number of rotatable bonds is 1. The molecule has 0 saturated heterocycles. The van der Waals surface area contributed by atoms with E-state index in [9.17, 15) is 0 Å². The van der Waals surface area contributed by atoms with E-state index in [4.69, 9.17) is 0 Å². The monoisotopic (exact) mass is 428 g/mol. The van der Waals surface area contributed by atoms with Crippen LogP contribution in [0, 0.1) is 27.7 Å². The fourth-order valence-corrected chi connectivity index (χ4v) is 5.27. The highest BCUT2D eigenvalue weighted by atomic mass is 32.1. The molecule has 0 atom stereocenters. The van der Waals surface area contributed by atoms with Crippen LogP contribution < -0.4 is 0 Å². The summed E-state index contributed by atoms with van der Waals surface area (Å²) < 4.78 is 2.80. The van der Waals surface area contributed by atoms with Crippen molar-refractivity contribution in [3.63, 3.8) is 0 Å². The zero-order valence-corrected chi connectivity index (χ0v) is 19.8. The van der Waals surface area contributed by atoms with E-state index in [0.29, 0.717) is 0 Å². The minimum absolute atomic E-state index is 0. The first-order valence-corrected chi connectivity index (χ1v) is 10.9. The molecule has 0 bridgehead atoms. The minimum atomic E-state index is 0. The highest BCUT2D eigenvalue weighted by Crippen LogP contribution is 2.36. The maximum absolute atomic E-state index is 2.28. The zero-order valence-electron chi connectivity index (χ0n) is 18.0. The Balaban J connectivity index is 0.000000166. The van der Waals surface area contributed by atoms with Crippen molar-refractivity contribution < 1.29 is 0 Å². The summed E-state index contributed by atoms with van der Waals surface area (Å²) in [7, 11) is 0. The average molecular weight is 429 g/mol. The maximum atomic E-state index is 2.28. The third-order valence-electron chi connectivity index (χ3n) is 5.29. The lowest BCUT2D eigenvalue weighted by molar-refractivity contribution is 1.38. The van der Waals surface area contributed by atoms with Crippen LogP contribution in [0.15, 0.2) is 84.9 Å². The molecule has 5 rings (SSSR count). The van der Waals surface area contributed by atoms with E-state index < -0.39 is 0 Å². The standard InChI is InChI=1S/C14H12S.C14H14.H2S/c1-9-7-10(2)14-11-5-3-4-6-12(11)15-13(14)8-9;1-11-8-9-14(12(2)10-11)13-6-4-3-5-7-13;/h3-8H,1-2H3;3-10H,1-2H3;1H2. The minimum Gasteiger partial charge on any atom is -0.197 e. The molecule has 0 aliphatic carbocycles. The molecule has 0 amide bonds. The van der Waals surface area contributed by atoms with Gasteiger partial charge >= 0.3 is 0 Å². The van der Waals surface area contributed by atoms with Gasteiger partial charge in [-0.2, -0.15) is 13.5 Å². The first kappa shape index (κ1) is 22.1. The number of benzene rings is 4. The first-order chi connectivity index (χ1) is 14.0. The fraction of sp³-hybridized carbons (Fsp3) is 0.143. The molecule has 30 heavy (non-hydrogen) atoms. The first-order valence-electron chi connectivity index (χ1n) is 10.0. The Morgan fingerprint density at radius 1 is 0.567 bits per heavy atom. The van der Waals surface area contributed by atoms with Gasteiger partial charge in [0.1, 0.15) is 0 Å². The predicted octanol–water partition coefficient (Wildman–Crippen LogP) is 8.75. The van der Waals surface area contributed by atoms with Crippen molar-refractivity contribution in [3.8, 4) is 11.1 Å². The van der Waals surface area contributed by atoms with Gasteiger partial charge < -0.3 is 0 Å². The lowest BCUT2D eigenvalue weighted by Gasteiger charge is -2.06. The highest BCUT2D eigenvalue weighted by molar-refractivity contribution is 7.59. The second kappa shape index (κ2) is 9.51. The molecule has 1 heterocycles. The van der Waals surface area contributed by atoms with Crippen molar-refractivity contribution in [3.05, 3.63) is 107 Å². The van der Waals surface area contributed by atoms with Crippen LogP contribution in [0.4, 0.5) is 0 Å². The van der Waals surface area contributed by atoms with Gasteiger partial charge in [0.2, 0.25) is 0 Å². The number of aryl methyl sites for hydroxylation is 4. The van der Waals surface area contributed by atoms with Gasteiger partial charge in [-0.15, -0.1) is 11.3 Å². The van der Waals surface area contributed by atoms with Crippen LogP contribution in [0.5, 0.6) is 0 Å². The highest BCUT2D eigenvalue weighted by Gasteiger charge is 2.06. The van der Waals surface area contributed by atoms with E-state index in [1.54, 1.807) is 0 Å². The molecule has 0 radical (unpaired) electrons. The Morgan fingerprint density at radius 3 is 1.97 bits per heavy atom. The third kappa shape index (κ3) is 4.61. The Morgan fingerprint density at radius 2 is 1.23 bits per heavy atom. The second-order valence-corrected chi connectivity index (χ2v) is 8.82. The summed E-state index contributed by atoms with van der Waals surface area (Å²) in [4.78, 5) is 0. The molecule has 0 aliphatic heterocycles. The molecule has 0 fully saturated rings. The molecular weight excluding hydrogens is 400 g/mol. The zero-order chi connectivity index (χ0) is 20.4. The molecule has 0 nitrogen and oxygen atoms in total. The molecule has 0 aliphatic rings. The summed E-state index contributed by atoms with van der Waals surface area (Å²) in [5.74, 6) is 0. The smallest absolute Gasteiger partial charge is 0.0360 e. The lowest BCUT2D eigenvalue weighted by Crippen LogP contribution is -1.83. The van der Waals surface area contributed by atoms with Crippen molar-refractivity contribution in [1.29, 1.82) is 0 Å². The second-order valence-electron chi connectivity index (χ2n) is 7.74. The van der Waals surface area contributed by atoms with E-state index in [-0.39, 0.29) is 13.5 Å². The van der Waals surface area contributed by atoms with Gasteiger partial charge in [-0.05, 0) is 67.6 Å². The number of hydrogen-bond acceptors (Lipinski definition) is 1. The quantitative estimate of drug-likeness (QED) is 0.250. The van der Waals surface area contributed by atoms with Crippen LogP contribution in [0.3, 0.4) is 0 Å². The van der Waals surface area contributed by atoms with Crippen LogP contribution >= 0.6 is 24.8 Å². The molecular formula is C28H28S2. The van der Waals surface area contributed by atoms with Crippen LogP contribution in [-0.4, -0.2) is 0 Å². The molecule has 0 saturated carbocycles. The molecule has 5 aromatic rings. The molecule has 1 aromatic heterocycles. The Kier molecular flexibility index (Phi) is 7.02. The Labute approximate surface area is 190 Å². The summed E-state index contributed by atoms with van der Waals surface area (Å²) in [5, 5.41) is 2.83. The molecule has 0 unspecified atom stereocenters. The summed E-state index contributed by atoms with van der Waals surface area (Å²) in [6.45, 7) is 8.66. The molecule has 0 N–H and O–H groups in total. The van der Waals surface area contributed by atoms with Crippen LogP contribution in [-0.2, 0) is 0 Å². The number of fused-ring (bicyclic) bond motifs is 3. The lowest BCUT2D eigenvalue weighted by atomic mass is 9.99. The van der Waals surface area contributed by atoms with Crippen LogP contribution in [0.2, 0.25) is 0 Å². The number of hydrogen-bond donors (Lipinski definition) is 0. The normalized spacial score (nSPS) is 10.4. The molecule has 2 heteroatoms. The van der Waals surface area contributed by atoms with E-state index in [1.807, 2.05) is 17.4 Å². The SMILES string of the molecule is Cc1cc(C)c2c(c1)sc1ccccc12.Cc1ccc(-c2ccccc2)c(C)c1.S. The number of thiophene rings is 1. The summed E-state index contributed by atoms with van der Waals surface area (Å²) in [6, 6.07) is 30.3. The predicted molar refractivity (Wildman–Crippen MR) is 141 cm³/mol. The maximum Gasteiger partial charge on any atom is 0.0360 e. The van der Waals surface area contributed by atoms with Crippen molar-refractivity contribution in [2.24, 2.45) is 0 Å². The Hall–Kier alpha value is -2.55. The van der Waals surface area contributed by atoms with Crippen molar-refractivity contribution in [1.82, 2.24) is 0 Å². The van der Waals surface area contributed by atoms with Crippen molar-refractivity contribution >= 4 is 45.0 Å². The summed E-state index contributed by atoms with van der Waals surface area (Å²) >= 11 is 1.89. The summed E-state index contributed by atoms with van der Waals surface area (Å²) in [6.07, 6.45) is 0. The average Bonchev–Trinajstić information content (AvgIpc) is 3.07. The van der Waals surface area contributed by atoms with Crippen LogP contribution in [0.25, 0.3) is 31.3 Å². The van der Waals surface area contributed by atoms with E-state index in [0.717, 1.165) is 0 Å². The van der Waals surface area contributed by atoms with Gasteiger partial charge in [-0.25, -0.2) is 0 Å². The third-order valence-corrected chi connectivity index (χ3v) is 6.40. The van der Waals surface area contributed by atoms with Crippen LogP contribution in [0.1, 0.15) is 22.3 Å². The Bertz CT molecular complexity index is 1280. The van der Waals surface area contributed by atoms with Gasteiger partial charge in [0.05, 0.1) is 0 Å². The van der Waals surface area contributed by atoms with Gasteiger partial charge in [-0.1, -0.05) is 78.4 Å².